The minimum atomic E-state index is -0.638. The predicted molar refractivity (Wildman–Crippen MR) is 126 cm³/mol. The summed E-state index contributed by atoms with van der Waals surface area (Å²) >= 11 is 0. The summed E-state index contributed by atoms with van der Waals surface area (Å²) in [6.45, 7) is -0.341. The third kappa shape index (κ3) is 4.56. The number of primary amides is 1. The monoisotopic (exact) mass is 459 g/mol. The SMILES string of the molecule is COc1ccc(Cn2c(=O)c3ncccc3n(CC(=O)Nc3ccc(C(N)=O)cc3)c2=O)cc1. The van der Waals surface area contributed by atoms with E-state index < -0.39 is 23.1 Å². The normalized spacial score (nSPS) is 10.7. The number of pyridine rings is 1. The van der Waals surface area contributed by atoms with E-state index in [2.05, 4.69) is 10.3 Å². The van der Waals surface area contributed by atoms with Gasteiger partial charge in [0.05, 0.1) is 19.2 Å². The lowest BCUT2D eigenvalue weighted by Gasteiger charge is -2.14. The number of amides is 2. The van der Waals surface area contributed by atoms with Gasteiger partial charge in [-0.25, -0.2) is 9.78 Å². The number of fused-ring (bicyclic) bond motifs is 1. The Morgan fingerprint density at radius 3 is 2.35 bits per heavy atom. The standard InChI is InChI=1S/C24H21N5O5/c1-34-18-10-4-15(5-11-18)13-29-23(32)21-19(3-2-12-26-21)28(24(29)33)14-20(30)27-17-8-6-16(7-9-17)22(25)31/h2-12H,13-14H2,1H3,(H2,25,31)(H,27,30). The molecule has 3 N–H and O–H groups in total. The van der Waals surface area contributed by atoms with Crippen LogP contribution in [0.1, 0.15) is 15.9 Å². The average molecular weight is 459 g/mol. The Morgan fingerprint density at radius 2 is 1.71 bits per heavy atom. The number of aromatic nitrogens is 3. The van der Waals surface area contributed by atoms with Gasteiger partial charge in [0.2, 0.25) is 11.8 Å². The van der Waals surface area contributed by atoms with Gasteiger partial charge in [0.25, 0.3) is 5.56 Å². The number of hydrogen-bond acceptors (Lipinski definition) is 6. The Morgan fingerprint density at radius 1 is 1.00 bits per heavy atom. The van der Waals surface area contributed by atoms with Crippen LogP contribution in [0.3, 0.4) is 0 Å². The number of hydrogen-bond donors (Lipinski definition) is 2. The van der Waals surface area contributed by atoms with Crippen LogP contribution in [0.2, 0.25) is 0 Å². The van der Waals surface area contributed by atoms with Crippen LogP contribution in [0.15, 0.2) is 76.4 Å². The van der Waals surface area contributed by atoms with Crippen LogP contribution >= 0.6 is 0 Å². The van der Waals surface area contributed by atoms with Gasteiger partial charge < -0.3 is 15.8 Å². The lowest BCUT2D eigenvalue weighted by Crippen LogP contribution is -2.42. The number of carbonyl (C=O) groups excluding carboxylic acids is 2. The summed E-state index contributed by atoms with van der Waals surface area (Å²) in [5.74, 6) is -0.426. The van der Waals surface area contributed by atoms with E-state index in [0.717, 1.165) is 4.57 Å². The highest BCUT2D eigenvalue weighted by molar-refractivity contribution is 5.95. The molecule has 0 atom stereocenters. The second-order valence-corrected chi connectivity index (χ2v) is 7.47. The molecule has 2 aromatic heterocycles. The maximum absolute atomic E-state index is 13.3. The number of rotatable bonds is 7. The van der Waals surface area contributed by atoms with Gasteiger partial charge in [-0.1, -0.05) is 12.1 Å². The number of nitrogens with two attached hydrogens (primary N) is 1. The van der Waals surface area contributed by atoms with Crippen molar-refractivity contribution in [3.8, 4) is 5.75 Å². The highest BCUT2D eigenvalue weighted by Gasteiger charge is 2.17. The number of carbonyl (C=O) groups is 2. The number of nitrogens with one attached hydrogen (secondary N) is 1. The summed E-state index contributed by atoms with van der Waals surface area (Å²) in [6.07, 6.45) is 1.45. The average Bonchev–Trinajstić information content (AvgIpc) is 2.85. The predicted octanol–water partition coefficient (Wildman–Crippen LogP) is 1.35. The van der Waals surface area contributed by atoms with Crippen LogP contribution in [0.25, 0.3) is 11.0 Å². The van der Waals surface area contributed by atoms with E-state index in [1.54, 1.807) is 43.5 Å². The van der Waals surface area contributed by atoms with Crippen LogP contribution < -0.4 is 27.0 Å². The van der Waals surface area contributed by atoms with Crippen molar-refractivity contribution in [1.82, 2.24) is 14.1 Å². The fraction of sp³-hybridized carbons (Fsp3) is 0.125. The zero-order chi connectivity index (χ0) is 24.2. The van der Waals surface area contributed by atoms with E-state index in [4.69, 9.17) is 10.5 Å². The molecular weight excluding hydrogens is 438 g/mol. The van der Waals surface area contributed by atoms with Crippen LogP contribution in [-0.4, -0.2) is 33.0 Å². The van der Waals surface area contributed by atoms with Crippen molar-refractivity contribution >= 4 is 28.5 Å². The molecule has 0 radical (unpaired) electrons. The largest absolute Gasteiger partial charge is 0.497 e. The Bertz CT molecular complexity index is 1490. The first-order valence-electron chi connectivity index (χ1n) is 10.3. The second-order valence-electron chi connectivity index (χ2n) is 7.47. The molecule has 2 aromatic carbocycles. The van der Waals surface area contributed by atoms with Gasteiger partial charge >= 0.3 is 5.69 Å². The zero-order valence-corrected chi connectivity index (χ0v) is 18.2. The quantitative estimate of drug-likeness (QED) is 0.428. The molecule has 34 heavy (non-hydrogen) atoms. The molecule has 0 unspecified atom stereocenters. The Kier molecular flexibility index (Phi) is 6.22. The van der Waals surface area contributed by atoms with Crippen molar-refractivity contribution < 1.29 is 14.3 Å². The summed E-state index contributed by atoms with van der Waals surface area (Å²) < 4.78 is 7.40. The van der Waals surface area contributed by atoms with Crippen molar-refractivity contribution in [2.75, 3.05) is 12.4 Å². The summed E-state index contributed by atoms with van der Waals surface area (Å²) in [6, 6.07) is 16.2. The van der Waals surface area contributed by atoms with Crippen LogP contribution in [0, 0.1) is 0 Å². The molecule has 0 spiro atoms. The molecule has 0 bridgehead atoms. The minimum absolute atomic E-state index is 0.00434. The fourth-order valence-corrected chi connectivity index (χ4v) is 3.51. The van der Waals surface area contributed by atoms with Gasteiger partial charge in [-0.15, -0.1) is 0 Å². The van der Waals surface area contributed by atoms with E-state index in [0.29, 0.717) is 22.6 Å². The summed E-state index contributed by atoms with van der Waals surface area (Å²) in [5.41, 5.74) is 5.81. The molecule has 2 amide bonds. The van der Waals surface area contributed by atoms with Gasteiger partial charge in [-0.05, 0) is 54.1 Å². The summed E-state index contributed by atoms with van der Waals surface area (Å²) in [5, 5.41) is 2.67. The van der Waals surface area contributed by atoms with Crippen LogP contribution in [-0.2, 0) is 17.9 Å². The molecular formula is C24H21N5O5. The second kappa shape index (κ2) is 9.41. The first kappa shape index (κ1) is 22.5. The smallest absolute Gasteiger partial charge is 0.332 e. The van der Waals surface area contributed by atoms with Gasteiger partial charge in [0, 0.05) is 17.4 Å². The lowest BCUT2D eigenvalue weighted by atomic mass is 10.2. The number of anilines is 1. The van der Waals surface area contributed by atoms with E-state index in [1.807, 2.05) is 0 Å². The third-order valence-corrected chi connectivity index (χ3v) is 5.24. The zero-order valence-electron chi connectivity index (χ0n) is 18.2. The molecule has 4 rings (SSSR count). The van der Waals surface area contributed by atoms with E-state index in [9.17, 15) is 19.2 Å². The van der Waals surface area contributed by atoms with Crippen molar-refractivity contribution in [2.45, 2.75) is 13.1 Å². The topological polar surface area (TPSA) is 138 Å². The first-order valence-corrected chi connectivity index (χ1v) is 10.3. The maximum Gasteiger partial charge on any atom is 0.332 e. The summed E-state index contributed by atoms with van der Waals surface area (Å²) in [7, 11) is 1.55. The van der Waals surface area contributed by atoms with Crippen LogP contribution in [0.4, 0.5) is 5.69 Å². The van der Waals surface area contributed by atoms with Gasteiger partial charge in [0.1, 0.15) is 12.3 Å². The molecule has 0 saturated carbocycles. The number of benzene rings is 2. The summed E-state index contributed by atoms with van der Waals surface area (Å²) in [4.78, 5) is 54.4. The molecule has 10 heteroatoms. The molecule has 0 saturated heterocycles. The number of ether oxygens (including phenoxy) is 1. The fourth-order valence-electron chi connectivity index (χ4n) is 3.51. The molecule has 172 valence electrons. The lowest BCUT2D eigenvalue weighted by molar-refractivity contribution is -0.116. The molecule has 0 aliphatic carbocycles. The van der Waals surface area contributed by atoms with Gasteiger partial charge in [0.15, 0.2) is 5.52 Å². The van der Waals surface area contributed by atoms with Gasteiger partial charge in [-0.3, -0.25) is 23.5 Å². The molecule has 0 aliphatic heterocycles. The number of methoxy groups -OCH3 is 1. The van der Waals surface area contributed by atoms with Crippen molar-refractivity contribution in [1.29, 1.82) is 0 Å². The molecule has 0 aliphatic rings. The highest BCUT2D eigenvalue weighted by atomic mass is 16.5. The minimum Gasteiger partial charge on any atom is -0.497 e. The molecule has 10 nitrogen and oxygen atoms in total. The first-order chi connectivity index (χ1) is 16.4. The number of nitrogens with zero attached hydrogens (tertiary/aromatic N) is 3. The van der Waals surface area contributed by atoms with E-state index in [-0.39, 0.29) is 24.1 Å². The van der Waals surface area contributed by atoms with Crippen molar-refractivity contribution in [3.63, 3.8) is 0 Å². The Labute approximate surface area is 193 Å². The van der Waals surface area contributed by atoms with Crippen LogP contribution in [0.5, 0.6) is 5.75 Å². The Balaban J connectivity index is 1.68. The van der Waals surface area contributed by atoms with E-state index in [1.165, 1.54) is 35.0 Å². The van der Waals surface area contributed by atoms with E-state index >= 15 is 0 Å². The Hall–Kier alpha value is -4.73. The van der Waals surface area contributed by atoms with Gasteiger partial charge in [-0.2, -0.15) is 0 Å². The molecule has 4 aromatic rings. The third-order valence-electron chi connectivity index (χ3n) is 5.24. The molecule has 2 heterocycles. The molecule has 0 fully saturated rings. The van der Waals surface area contributed by atoms with Crippen molar-refractivity contribution in [2.24, 2.45) is 5.73 Å². The maximum atomic E-state index is 13.3. The highest BCUT2D eigenvalue weighted by Crippen LogP contribution is 2.13. The van der Waals surface area contributed by atoms with Crippen molar-refractivity contribution in [3.05, 3.63) is 98.8 Å².